The third-order valence-electron chi connectivity index (χ3n) is 4.01. The fourth-order valence-electron chi connectivity index (χ4n) is 2.68. The van der Waals surface area contributed by atoms with Crippen LogP contribution in [0.15, 0.2) is 29.6 Å². The second kappa shape index (κ2) is 7.07. The number of hydrogen-bond donors (Lipinski definition) is 0. The molecule has 1 aliphatic rings. The smallest absolute Gasteiger partial charge is 0.353 e. The zero-order valence-corrected chi connectivity index (χ0v) is 14.7. The van der Waals surface area contributed by atoms with Crippen LogP contribution >= 0.6 is 11.8 Å². The highest BCUT2D eigenvalue weighted by molar-refractivity contribution is 7.98. The van der Waals surface area contributed by atoms with Gasteiger partial charge in [0.15, 0.2) is 5.16 Å². The molecule has 0 saturated carbocycles. The average Bonchev–Trinajstić information content (AvgIpc) is 2.60. The van der Waals surface area contributed by atoms with Gasteiger partial charge in [-0.3, -0.25) is 0 Å². The predicted octanol–water partition coefficient (Wildman–Crippen LogP) is 3.25. The van der Waals surface area contributed by atoms with Crippen molar-refractivity contribution in [2.75, 3.05) is 42.2 Å². The molecule has 2 aromatic heterocycles. The van der Waals surface area contributed by atoms with Gasteiger partial charge in [0.1, 0.15) is 11.6 Å². The minimum atomic E-state index is -4.36. The number of pyridine rings is 1. The summed E-state index contributed by atoms with van der Waals surface area (Å²) >= 11 is 1.50. The molecule has 5 nitrogen and oxygen atoms in total. The van der Waals surface area contributed by atoms with E-state index in [1.165, 1.54) is 17.8 Å². The summed E-state index contributed by atoms with van der Waals surface area (Å²) in [6.45, 7) is 4.75. The molecular weight excluding hydrogens is 351 g/mol. The summed E-state index contributed by atoms with van der Waals surface area (Å²) in [4.78, 5) is 17.0. The molecule has 134 valence electrons. The molecule has 0 amide bonds. The van der Waals surface area contributed by atoms with E-state index in [0.29, 0.717) is 18.9 Å². The third-order valence-corrected chi connectivity index (χ3v) is 4.55. The standard InChI is InChI=1S/C16H18F3N5S/c1-11-9-14(22-15(21-11)25-2)24-7-5-23(6-8-24)13-4-3-12(10-20-13)16(17,18)19/h3-4,9-10H,5-8H2,1-2H3. The number of rotatable bonds is 3. The fraction of sp³-hybridized carbons (Fsp3) is 0.438. The molecule has 1 fully saturated rings. The Morgan fingerprint density at radius 3 is 2.16 bits per heavy atom. The summed E-state index contributed by atoms with van der Waals surface area (Å²) < 4.78 is 37.9. The van der Waals surface area contributed by atoms with Crippen LogP contribution in [0.3, 0.4) is 0 Å². The molecule has 0 N–H and O–H groups in total. The SMILES string of the molecule is CSc1nc(C)cc(N2CCN(c3ccc(C(F)(F)F)cn3)CC2)n1. The summed E-state index contributed by atoms with van der Waals surface area (Å²) in [5, 5.41) is 0.738. The lowest BCUT2D eigenvalue weighted by Gasteiger charge is -2.36. The van der Waals surface area contributed by atoms with Crippen molar-refractivity contribution in [1.29, 1.82) is 0 Å². The number of alkyl halides is 3. The first-order valence-corrected chi connectivity index (χ1v) is 9.02. The number of nitrogens with zero attached hydrogens (tertiary/aromatic N) is 5. The average molecular weight is 369 g/mol. The molecule has 0 atom stereocenters. The monoisotopic (exact) mass is 369 g/mol. The van der Waals surface area contributed by atoms with E-state index >= 15 is 0 Å². The molecule has 0 spiro atoms. The van der Waals surface area contributed by atoms with Gasteiger partial charge in [-0.15, -0.1) is 0 Å². The Balaban J connectivity index is 1.67. The van der Waals surface area contributed by atoms with Crippen LogP contribution < -0.4 is 9.80 Å². The van der Waals surface area contributed by atoms with Crippen molar-refractivity contribution in [3.05, 3.63) is 35.7 Å². The Morgan fingerprint density at radius 2 is 1.64 bits per heavy atom. The number of piperazine rings is 1. The van der Waals surface area contributed by atoms with E-state index in [-0.39, 0.29) is 0 Å². The molecule has 9 heteroatoms. The van der Waals surface area contributed by atoms with Gasteiger partial charge >= 0.3 is 6.18 Å². The second-order valence-corrected chi connectivity index (χ2v) is 6.50. The Labute approximate surface area is 148 Å². The summed E-state index contributed by atoms with van der Waals surface area (Å²) in [5.74, 6) is 1.45. The van der Waals surface area contributed by atoms with E-state index in [9.17, 15) is 13.2 Å². The third kappa shape index (κ3) is 4.15. The van der Waals surface area contributed by atoms with Crippen molar-refractivity contribution in [2.45, 2.75) is 18.3 Å². The van der Waals surface area contributed by atoms with Gasteiger partial charge in [0.2, 0.25) is 0 Å². The molecule has 25 heavy (non-hydrogen) atoms. The summed E-state index contributed by atoms with van der Waals surface area (Å²) in [6, 6.07) is 4.46. The largest absolute Gasteiger partial charge is 0.417 e. The molecule has 2 aromatic rings. The van der Waals surface area contributed by atoms with Crippen LogP contribution in [0.25, 0.3) is 0 Å². The first-order valence-electron chi connectivity index (χ1n) is 7.79. The van der Waals surface area contributed by atoms with Gasteiger partial charge in [0, 0.05) is 44.1 Å². The topological polar surface area (TPSA) is 45.2 Å². The fourth-order valence-corrected chi connectivity index (χ4v) is 3.10. The zero-order valence-electron chi connectivity index (χ0n) is 13.9. The lowest BCUT2D eigenvalue weighted by Crippen LogP contribution is -2.47. The number of anilines is 2. The van der Waals surface area contributed by atoms with Gasteiger partial charge < -0.3 is 9.80 Å². The molecule has 0 aliphatic carbocycles. The van der Waals surface area contributed by atoms with Crippen LogP contribution in [0, 0.1) is 6.92 Å². The maximum Gasteiger partial charge on any atom is 0.417 e. The van der Waals surface area contributed by atoms with Gasteiger partial charge in [-0.1, -0.05) is 11.8 Å². The zero-order chi connectivity index (χ0) is 18.0. The van der Waals surface area contributed by atoms with E-state index in [4.69, 9.17) is 0 Å². The van der Waals surface area contributed by atoms with Crippen LogP contribution in [0.4, 0.5) is 24.8 Å². The van der Waals surface area contributed by atoms with Gasteiger partial charge in [-0.25, -0.2) is 15.0 Å². The van der Waals surface area contributed by atoms with E-state index in [1.54, 1.807) is 0 Å². The highest BCUT2D eigenvalue weighted by Crippen LogP contribution is 2.29. The summed E-state index contributed by atoms with van der Waals surface area (Å²) in [7, 11) is 0. The van der Waals surface area contributed by atoms with E-state index < -0.39 is 11.7 Å². The molecule has 1 aliphatic heterocycles. The summed E-state index contributed by atoms with van der Waals surface area (Å²) in [5.41, 5.74) is 0.192. The second-order valence-electron chi connectivity index (χ2n) is 5.73. The Morgan fingerprint density at radius 1 is 1.00 bits per heavy atom. The van der Waals surface area contributed by atoms with Crippen LogP contribution in [0.2, 0.25) is 0 Å². The van der Waals surface area contributed by atoms with E-state index in [1.807, 2.05) is 24.1 Å². The number of aromatic nitrogens is 3. The molecular formula is C16H18F3N5S. The molecule has 1 saturated heterocycles. The minimum absolute atomic E-state index is 0.566. The van der Waals surface area contributed by atoms with Gasteiger partial charge in [-0.05, 0) is 25.3 Å². The van der Waals surface area contributed by atoms with Gasteiger partial charge in [0.05, 0.1) is 5.56 Å². The van der Waals surface area contributed by atoms with Crippen LogP contribution in [-0.2, 0) is 6.18 Å². The van der Waals surface area contributed by atoms with Crippen LogP contribution in [0.5, 0.6) is 0 Å². The van der Waals surface area contributed by atoms with Crippen molar-refractivity contribution in [3.63, 3.8) is 0 Å². The number of hydrogen-bond acceptors (Lipinski definition) is 6. The molecule has 0 unspecified atom stereocenters. The maximum absolute atomic E-state index is 12.6. The number of halogens is 3. The van der Waals surface area contributed by atoms with Crippen LogP contribution in [0.1, 0.15) is 11.3 Å². The van der Waals surface area contributed by atoms with E-state index in [2.05, 4.69) is 19.9 Å². The Kier molecular flexibility index (Phi) is 5.03. The lowest BCUT2D eigenvalue weighted by molar-refractivity contribution is -0.137. The van der Waals surface area contributed by atoms with Gasteiger partial charge in [-0.2, -0.15) is 13.2 Å². The highest BCUT2D eigenvalue weighted by atomic mass is 32.2. The van der Waals surface area contributed by atoms with E-state index in [0.717, 1.165) is 42.0 Å². The van der Waals surface area contributed by atoms with Crippen LogP contribution in [-0.4, -0.2) is 47.4 Å². The predicted molar refractivity (Wildman–Crippen MR) is 92.2 cm³/mol. The highest BCUT2D eigenvalue weighted by Gasteiger charge is 2.31. The minimum Gasteiger partial charge on any atom is -0.353 e. The number of thioether (sulfide) groups is 1. The molecule has 3 heterocycles. The quantitative estimate of drug-likeness (QED) is 0.611. The molecule has 0 radical (unpaired) electrons. The van der Waals surface area contributed by atoms with Crippen molar-refractivity contribution in [2.24, 2.45) is 0 Å². The first kappa shape index (κ1) is 17.8. The Bertz CT molecular complexity index is 728. The van der Waals surface area contributed by atoms with Crippen molar-refractivity contribution in [3.8, 4) is 0 Å². The lowest BCUT2D eigenvalue weighted by atomic mass is 10.2. The van der Waals surface area contributed by atoms with Crippen molar-refractivity contribution < 1.29 is 13.2 Å². The molecule has 0 aromatic carbocycles. The molecule has 0 bridgehead atoms. The normalized spacial score (nSPS) is 15.6. The maximum atomic E-state index is 12.6. The number of aryl methyl sites for hydroxylation is 1. The molecule has 3 rings (SSSR count). The Hall–Kier alpha value is -2.03. The van der Waals surface area contributed by atoms with Crippen molar-refractivity contribution in [1.82, 2.24) is 15.0 Å². The van der Waals surface area contributed by atoms with Crippen molar-refractivity contribution >= 4 is 23.4 Å². The first-order chi connectivity index (χ1) is 11.9. The summed E-state index contributed by atoms with van der Waals surface area (Å²) in [6.07, 6.45) is -1.53. The van der Waals surface area contributed by atoms with Gasteiger partial charge in [0.25, 0.3) is 0 Å².